The van der Waals surface area contributed by atoms with Gasteiger partial charge in [-0.25, -0.2) is 0 Å². The highest BCUT2D eigenvalue weighted by Gasteiger charge is 2.38. The first kappa shape index (κ1) is 14.2. The van der Waals surface area contributed by atoms with Gasteiger partial charge in [-0.1, -0.05) is 0 Å². The molecule has 0 bridgehead atoms. The molecule has 0 aromatic heterocycles. The number of benzene rings is 1. The molecule has 0 N–H and O–H groups in total. The maximum atomic E-state index is 12.9. The molecule has 0 atom stereocenters. The van der Waals surface area contributed by atoms with Crippen molar-refractivity contribution < 1.29 is 27.4 Å². The number of hydrogen-bond donors (Lipinski definition) is 0. The number of nitrogens with zero attached hydrogens (tertiary/aromatic N) is 1. The number of likely N-dealkylation sites (N-methyl/N-ethyl adjacent to an activating group) is 1. The molecular formula is C13H12F3NO3. The van der Waals surface area contributed by atoms with E-state index < -0.39 is 11.7 Å². The van der Waals surface area contributed by atoms with E-state index in [9.17, 15) is 18.0 Å². The summed E-state index contributed by atoms with van der Waals surface area (Å²) in [6, 6.07) is 2.32. The molecule has 7 heteroatoms. The van der Waals surface area contributed by atoms with Crippen LogP contribution in [0.15, 0.2) is 18.2 Å². The molecule has 1 amide bonds. The number of alkyl halides is 3. The molecule has 1 aromatic rings. The smallest absolute Gasteiger partial charge is 0.420 e. The third kappa shape index (κ3) is 2.87. The summed E-state index contributed by atoms with van der Waals surface area (Å²) in [6.45, 7) is -0.248. The van der Waals surface area contributed by atoms with Crippen LogP contribution in [0.5, 0.6) is 11.5 Å². The lowest BCUT2D eigenvalue weighted by atomic mass is 10.1. The quantitative estimate of drug-likeness (QED) is 0.785. The second kappa shape index (κ2) is 5.07. The van der Waals surface area contributed by atoms with Crippen molar-refractivity contribution in [1.82, 2.24) is 4.90 Å². The highest BCUT2D eigenvalue weighted by atomic mass is 19.4. The van der Waals surface area contributed by atoms with Crippen LogP contribution in [0.2, 0.25) is 0 Å². The zero-order chi connectivity index (χ0) is 14.9. The molecule has 0 radical (unpaired) electrons. The number of carbonyl (C=O) groups excluding carboxylic acids is 1. The van der Waals surface area contributed by atoms with E-state index in [-0.39, 0.29) is 29.8 Å². The van der Waals surface area contributed by atoms with Crippen LogP contribution in [-0.4, -0.2) is 31.7 Å². The Kier molecular flexibility index (Phi) is 3.61. The summed E-state index contributed by atoms with van der Waals surface area (Å²) in [5.41, 5.74) is -0.693. The van der Waals surface area contributed by atoms with Gasteiger partial charge in [0.15, 0.2) is 11.5 Å². The number of amides is 1. The van der Waals surface area contributed by atoms with E-state index in [2.05, 4.69) is 0 Å². The summed E-state index contributed by atoms with van der Waals surface area (Å²) in [5.74, 6) is -0.610. The van der Waals surface area contributed by atoms with Gasteiger partial charge >= 0.3 is 6.18 Å². The normalized spacial score (nSPS) is 13.8. The van der Waals surface area contributed by atoms with Gasteiger partial charge in [0.05, 0.1) is 0 Å². The van der Waals surface area contributed by atoms with Crippen molar-refractivity contribution in [3.05, 3.63) is 29.3 Å². The van der Waals surface area contributed by atoms with Crippen LogP contribution < -0.4 is 9.47 Å². The predicted molar refractivity (Wildman–Crippen MR) is 65.3 cm³/mol. The van der Waals surface area contributed by atoms with Crippen LogP contribution in [0, 0.1) is 0 Å². The van der Waals surface area contributed by atoms with E-state index in [0.717, 1.165) is 6.07 Å². The zero-order valence-electron chi connectivity index (χ0n) is 10.8. The van der Waals surface area contributed by atoms with Crippen LogP contribution in [0.3, 0.4) is 0 Å². The molecule has 0 fully saturated rings. The van der Waals surface area contributed by atoms with Crippen molar-refractivity contribution in [1.29, 1.82) is 0 Å². The Hall–Kier alpha value is -2.18. The third-order valence-electron chi connectivity index (χ3n) is 2.66. The first-order valence-electron chi connectivity index (χ1n) is 5.69. The maximum Gasteiger partial charge on any atom is 0.420 e. The molecule has 4 nitrogen and oxygen atoms in total. The highest BCUT2D eigenvalue weighted by Crippen LogP contribution is 2.45. The summed E-state index contributed by atoms with van der Waals surface area (Å²) in [7, 11) is 3.10. The molecule has 0 unspecified atom stereocenters. The molecule has 1 aromatic carbocycles. The van der Waals surface area contributed by atoms with E-state index in [4.69, 9.17) is 9.47 Å². The fourth-order valence-electron chi connectivity index (χ4n) is 1.65. The molecule has 0 aliphatic carbocycles. The van der Waals surface area contributed by atoms with E-state index in [1.54, 1.807) is 14.1 Å². The Labute approximate surface area is 113 Å². The number of fused-ring (bicyclic) bond motifs is 1. The second-order valence-electron chi connectivity index (χ2n) is 4.37. The molecule has 0 spiro atoms. The van der Waals surface area contributed by atoms with Crippen LogP contribution in [-0.2, 0) is 11.0 Å². The summed E-state index contributed by atoms with van der Waals surface area (Å²) >= 11 is 0. The van der Waals surface area contributed by atoms with E-state index in [1.807, 2.05) is 0 Å². The van der Waals surface area contributed by atoms with Crippen LogP contribution >= 0.6 is 0 Å². The third-order valence-corrected chi connectivity index (χ3v) is 2.66. The average molecular weight is 287 g/mol. The minimum absolute atomic E-state index is 0.0248. The summed E-state index contributed by atoms with van der Waals surface area (Å²) in [4.78, 5) is 12.7. The predicted octanol–water partition coefficient (Wildman–Crippen LogP) is 2.54. The molecule has 1 aliphatic heterocycles. The largest absolute Gasteiger partial charge is 0.454 e. The van der Waals surface area contributed by atoms with Gasteiger partial charge in [0.25, 0.3) is 0 Å². The minimum Gasteiger partial charge on any atom is -0.454 e. The van der Waals surface area contributed by atoms with Crippen molar-refractivity contribution in [2.24, 2.45) is 0 Å². The Morgan fingerprint density at radius 3 is 2.60 bits per heavy atom. The Bertz CT molecular complexity index is 565. The van der Waals surface area contributed by atoms with Crippen LogP contribution in [0.4, 0.5) is 13.2 Å². The van der Waals surface area contributed by atoms with Gasteiger partial charge < -0.3 is 14.4 Å². The highest BCUT2D eigenvalue weighted by molar-refractivity contribution is 5.91. The number of hydrogen-bond acceptors (Lipinski definition) is 3. The Balaban J connectivity index is 2.39. The molecule has 108 valence electrons. The molecule has 0 saturated heterocycles. The van der Waals surface area contributed by atoms with Crippen molar-refractivity contribution in [3.8, 4) is 11.5 Å². The zero-order valence-corrected chi connectivity index (χ0v) is 10.8. The lowest BCUT2D eigenvalue weighted by molar-refractivity contribution is -0.138. The van der Waals surface area contributed by atoms with Crippen molar-refractivity contribution in [2.75, 3.05) is 20.9 Å². The van der Waals surface area contributed by atoms with Crippen LogP contribution in [0.1, 0.15) is 11.1 Å². The van der Waals surface area contributed by atoms with Crippen molar-refractivity contribution in [2.45, 2.75) is 6.18 Å². The van der Waals surface area contributed by atoms with Gasteiger partial charge in [0, 0.05) is 20.2 Å². The molecule has 0 saturated carbocycles. The topological polar surface area (TPSA) is 38.8 Å². The van der Waals surface area contributed by atoms with Gasteiger partial charge in [-0.2, -0.15) is 13.2 Å². The fraction of sp³-hybridized carbons (Fsp3) is 0.308. The second-order valence-corrected chi connectivity index (χ2v) is 4.37. The average Bonchev–Trinajstić information content (AvgIpc) is 2.81. The first-order chi connectivity index (χ1) is 9.29. The standard InChI is InChI=1S/C13H12F3NO3/c1-17(2)11(18)4-3-8-5-9(13(14,15)16)12-10(6-8)19-7-20-12/h3-6H,7H2,1-2H3/b4-3+. The summed E-state index contributed by atoms with van der Waals surface area (Å²) in [6.07, 6.45) is -2.05. The van der Waals surface area contributed by atoms with Crippen molar-refractivity contribution >= 4 is 12.0 Å². The number of rotatable bonds is 2. The number of ether oxygens (including phenoxy) is 2. The molecule has 2 rings (SSSR count). The van der Waals surface area contributed by atoms with E-state index >= 15 is 0 Å². The number of halogens is 3. The summed E-state index contributed by atoms with van der Waals surface area (Å²) in [5, 5.41) is 0. The van der Waals surface area contributed by atoms with Gasteiger partial charge in [-0.15, -0.1) is 0 Å². The monoisotopic (exact) mass is 287 g/mol. The lowest BCUT2D eigenvalue weighted by Crippen LogP contribution is -2.18. The maximum absolute atomic E-state index is 12.9. The SMILES string of the molecule is CN(C)C(=O)/C=C/c1cc2c(c(C(F)(F)F)c1)OCO2. The molecule has 1 aliphatic rings. The fourth-order valence-corrected chi connectivity index (χ4v) is 1.65. The van der Waals surface area contributed by atoms with Gasteiger partial charge in [-0.3, -0.25) is 4.79 Å². The van der Waals surface area contributed by atoms with Crippen LogP contribution in [0.25, 0.3) is 6.08 Å². The van der Waals surface area contributed by atoms with Gasteiger partial charge in [-0.05, 0) is 23.8 Å². The van der Waals surface area contributed by atoms with E-state index in [0.29, 0.717) is 0 Å². The summed E-state index contributed by atoms with van der Waals surface area (Å²) < 4.78 is 48.6. The molecule has 1 heterocycles. The number of carbonyl (C=O) groups is 1. The van der Waals surface area contributed by atoms with Crippen molar-refractivity contribution in [3.63, 3.8) is 0 Å². The minimum atomic E-state index is -4.55. The Morgan fingerprint density at radius 2 is 2.00 bits per heavy atom. The Morgan fingerprint density at radius 1 is 1.30 bits per heavy atom. The molecule has 20 heavy (non-hydrogen) atoms. The van der Waals surface area contributed by atoms with Gasteiger partial charge in [0.1, 0.15) is 5.56 Å². The van der Waals surface area contributed by atoms with E-state index in [1.165, 1.54) is 23.1 Å². The van der Waals surface area contributed by atoms with Gasteiger partial charge in [0.2, 0.25) is 12.7 Å². The first-order valence-corrected chi connectivity index (χ1v) is 5.69. The molecular weight excluding hydrogens is 275 g/mol. The lowest BCUT2D eigenvalue weighted by Gasteiger charge is -2.11.